The zero-order valence-corrected chi connectivity index (χ0v) is 9.24. The second kappa shape index (κ2) is 4.09. The first kappa shape index (κ1) is 10.9. The van der Waals surface area contributed by atoms with Gasteiger partial charge in [-0.15, -0.1) is 0 Å². The second-order valence-electron chi connectivity index (χ2n) is 3.37. The average molecular weight is 231 g/mol. The first-order chi connectivity index (χ1) is 8.11. The van der Waals surface area contributed by atoms with Crippen LogP contribution in [-0.4, -0.2) is 21.1 Å². The van der Waals surface area contributed by atoms with Crippen LogP contribution in [0.3, 0.4) is 0 Å². The van der Waals surface area contributed by atoms with Crippen molar-refractivity contribution >= 4 is 11.7 Å². The molecule has 0 bridgehead atoms. The van der Waals surface area contributed by atoms with Gasteiger partial charge >= 0.3 is 0 Å². The number of anilines is 1. The number of oxazole rings is 1. The zero-order chi connectivity index (χ0) is 12.4. The van der Waals surface area contributed by atoms with Gasteiger partial charge in [-0.3, -0.25) is 9.89 Å². The third kappa shape index (κ3) is 2.01. The molecule has 0 aliphatic carbocycles. The van der Waals surface area contributed by atoms with E-state index in [-0.39, 0.29) is 17.1 Å². The van der Waals surface area contributed by atoms with Crippen LogP contribution in [0.15, 0.2) is 10.6 Å². The third-order valence-electron chi connectivity index (χ3n) is 2.11. The molecule has 0 aliphatic heterocycles. The number of amides is 1. The Kier molecular flexibility index (Phi) is 2.62. The van der Waals surface area contributed by atoms with Crippen LogP contribution in [0.4, 0.5) is 5.82 Å². The Bertz CT molecular complexity index is 604. The van der Waals surface area contributed by atoms with Crippen LogP contribution < -0.4 is 5.32 Å². The van der Waals surface area contributed by atoms with Gasteiger partial charge in [-0.25, -0.2) is 4.98 Å². The summed E-state index contributed by atoms with van der Waals surface area (Å²) in [5, 5.41) is 17.4. The molecule has 0 saturated heterocycles. The topological polar surface area (TPSA) is 108 Å². The predicted octanol–water partition coefficient (Wildman–Crippen LogP) is 1.14. The van der Waals surface area contributed by atoms with Gasteiger partial charge in [0.05, 0.1) is 11.9 Å². The Morgan fingerprint density at radius 2 is 2.35 bits per heavy atom. The lowest BCUT2D eigenvalue weighted by molar-refractivity contribution is 0.0994. The van der Waals surface area contributed by atoms with Gasteiger partial charge in [0, 0.05) is 6.92 Å². The summed E-state index contributed by atoms with van der Waals surface area (Å²) in [4.78, 5) is 15.8. The SMILES string of the molecule is Cc1nc(C)c(C(=O)Nc2[nH]ncc2C#N)o1. The van der Waals surface area contributed by atoms with E-state index in [0.717, 1.165) is 0 Å². The molecule has 2 aromatic heterocycles. The minimum Gasteiger partial charge on any atom is -0.436 e. The summed E-state index contributed by atoms with van der Waals surface area (Å²) in [6, 6.07) is 1.90. The predicted molar refractivity (Wildman–Crippen MR) is 57.2 cm³/mol. The molecule has 0 aliphatic rings. The number of H-pyrrole nitrogens is 1. The first-order valence-corrected chi connectivity index (χ1v) is 4.80. The van der Waals surface area contributed by atoms with E-state index in [0.29, 0.717) is 11.6 Å². The molecule has 0 radical (unpaired) electrons. The van der Waals surface area contributed by atoms with E-state index >= 15 is 0 Å². The van der Waals surface area contributed by atoms with Gasteiger partial charge in [-0.1, -0.05) is 0 Å². The number of nitrogens with zero attached hydrogens (tertiary/aromatic N) is 3. The van der Waals surface area contributed by atoms with Crippen LogP contribution in [0, 0.1) is 25.2 Å². The average Bonchev–Trinajstić information content (AvgIpc) is 2.84. The fraction of sp³-hybridized carbons (Fsp3) is 0.200. The monoisotopic (exact) mass is 231 g/mol. The summed E-state index contributed by atoms with van der Waals surface area (Å²) in [5.74, 6) is 0.313. The molecule has 17 heavy (non-hydrogen) atoms. The van der Waals surface area contributed by atoms with Crippen molar-refractivity contribution in [1.29, 1.82) is 5.26 Å². The summed E-state index contributed by atoms with van der Waals surface area (Å²) < 4.78 is 5.16. The molecule has 2 heterocycles. The van der Waals surface area contributed by atoms with Gasteiger partial charge in [-0.05, 0) is 6.92 Å². The van der Waals surface area contributed by atoms with Crippen LogP contribution in [0.1, 0.15) is 27.7 Å². The lowest BCUT2D eigenvalue weighted by atomic mass is 10.3. The fourth-order valence-electron chi connectivity index (χ4n) is 1.38. The maximum Gasteiger partial charge on any atom is 0.294 e. The zero-order valence-electron chi connectivity index (χ0n) is 9.24. The molecule has 7 heteroatoms. The molecule has 2 N–H and O–H groups in total. The van der Waals surface area contributed by atoms with Crippen molar-refractivity contribution in [2.24, 2.45) is 0 Å². The summed E-state index contributed by atoms with van der Waals surface area (Å²) in [6.45, 7) is 3.32. The summed E-state index contributed by atoms with van der Waals surface area (Å²) >= 11 is 0. The highest BCUT2D eigenvalue weighted by Crippen LogP contribution is 2.14. The normalized spacial score (nSPS) is 9.94. The van der Waals surface area contributed by atoms with Crippen molar-refractivity contribution < 1.29 is 9.21 Å². The molecule has 0 aromatic carbocycles. The highest BCUT2D eigenvalue weighted by molar-refractivity contribution is 6.02. The Labute approximate surface area is 96.5 Å². The van der Waals surface area contributed by atoms with Crippen molar-refractivity contribution in [2.45, 2.75) is 13.8 Å². The number of nitriles is 1. The molecule has 86 valence electrons. The second-order valence-corrected chi connectivity index (χ2v) is 3.37. The Morgan fingerprint density at radius 1 is 1.59 bits per heavy atom. The lowest BCUT2D eigenvalue weighted by Crippen LogP contribution is -2.13. The van der Waals surface area contributed by atoms with Gasteiger partial charge in [0.15, 0.2) is 5.89 Å². The highest BCUT2D eigenvalue weighted by atomic mass is 16.4. The fourth-order valence-corrected chi connectivity index (χ4v) is 1.38. The number of nitrogens with one attached hydrogen (secondary N) is 2. The third-order valence-corrected chi connectivity index (χ3v) is 2.11. The Balaban J connectivity index is 2.24. The number of aromatic nitrogens is 3. The number of aryl methyl sites for hydroxylation is 2. The van der Waals surface area contributed by atoms with E-state index in [1.165, 1.54) is 6.20 Å². The maximum atomic E-state index is 11.8. The molecule has 2 rings (SSSR count). The molecule has 0 unspecified atom stereocenters. The summed E-state index contributed by atoms with van der Waals surface area (Å²) in [7, 11) is 0. The smallest absolute Gasteiger partial charge is 0.294 e. The van der Waals surface area contributed by atoms with E-state index in [1.807, 2.05) is 6.07 Å². The Morgan fingerprint density at radius 3 is 2.94 bits per heavy atom. The summed E-state index contributed by atoms with van der Waals surface area (Å²) in [6.07, 6.45) is 1.33. The molecular weight excluding hydrogens is 222 g/mol. The van der Waals surface area contributed by atoms with E-state index in [2.05, 4.69) is 20.5 Å². The van der Waals surface area contributed by atoms with E-state index in [1.54, 1.807) is 13.8 Å². The highest BCUT2D eigenvalue weighted by Gasteiger charge is 2.17. The largest absolute Gasteiger partial charge is 0.436 e. The molecular formula is C10H9N5O2. The van der Waals surface area contributed by atoms with Crippen molar-refractivity contribution in [3.63, 3.8) is 0 Å². The van der Waals surface area contributed by atoms with Gasteiger partial charge in [-0.2, -0.15) is 10.4 Å². The number of aromatic amines is 1. The van der Waals surface area contributed by atoms with Crippen LogP contribution in [0.2, 0.25) is 0 Å². The molecule has 2 aromatic rings. The Hall–Kier alpha value is -2.62. The van der Waals surface area contributed by atoms with Crippen LogP contribution >= 0.6 is 0 Å². The van der Waals surface area contributed by atoms with E-state index in [9.17, 15) is 4.79 Å². The van der Waals surface area contributed by atoms with Crippen LogP contribution in [0.5, 0.6) is 0 Å². The number of hydrogen-bond donors (Lipinski definition) is 2. The summed E-state index contributed by atoms with van der Waals surface area (Å²) in [5.41, 5.74) is 0.755. The number of hydrogen-bond acceptors (Lipinski definition) is 5. The van der Waals surface area contributed by atoms with Gasteiger partial charge in [0.2, 0.25) is 5.76 Å². The molecule has 7 nitrogen and oxygen atoms in total. The van der Waals surface area contributed by atoms with Crippen LogP contribution in [0.25, 0.3) is 0 Å². The quantitative estimate of drug-likeness (QED) is 0.805. The minimum atomic E-state index is -0.469. The molecule has 1 amide bonds. The number of carbonyl (C=O) groups is 1. The van der Waals surface area contributed by atoms with Crippen molar-refractivity contribution in [1.82, 2.24) is 15.2 Å². The lowest BCUT2D eigenvalue weighted by Gasteiger charge is -1.99. The van der Waals surface area contributed by atoms with Crippen molar-refractivity contribution in [3.05, 3.63) is 29.1 Å². The van der Waals surface area contributed by atoms with Crippen molar-refractivity contribution in [3.8, 4) is 6.07 Å². The molecule has 0 atom stereocenters. The molecule has 0 fully saturated rings. The van der Waals surface area contributed by atoms with E-state index < -0.39 is 5.91 Å². The van der Waals surface area contributed by atoms with Gasteiger partial charge in [0.25, 0.3) is 5.91 Å². The maximum absolute atomic E-state index is 11.8. The first-order valence-electron chi connectivity index (χ1n) is 4.80. The standard InChI is InChI=1S/C10H9N5O2/c1-5-8(17-6(2)13-5)10(16)14-9-7(3-11)4-12-15-9/h4H,1-2H3,(H2,12,14,15,16). The van der Waals surface area contributed by atoms with Crippen LogP contribution in [-0.2, 0) is 0 Å². The van der Waals surface area contributed by atoms with E-state index in [4.69, 9.17) is 9.68 Å². The van der Waals surface area contributed by atoms with Gasteiger partial charge < -0.3 is 9.73 Å². The number of carbonyl (C=O) groups excluding carboxylic acids is 1. The van der Waals surface area contributed by atoms with Gasteiger partial charge in [0.1, 0.15) is 17.5 Å². The molecule has 0 spiro atoms. The van der Waals surface area contributed by atoms with Crippen molar-refractivity contribution in [2.75, 3.05) is 5.32 Å². The number of rotatable bonds is 2. The minimum absolute atomic E-state index is 0.126. The molecule has 0 saturated carbocycles.